The van der Waals surface area contributed by atoms with Crippen LogP contribution in [0.5, 0.6) is 5.75 Å². The number of benzene rings is 2. The Hall–Kier alpha value is -2.52. The molecule has 0 N–H and O–H groups in total. The van der Waals surface area contributed by atoms with Gasteiger partial charge < -0.3 is 14.2 Å². The fourth-order valence-electron chi connectivity index (χ4n) is 3.52. The molecule has 2 aromatic carbocycles. The summed E-state index contributed by atoms with van der Waals surface area (Å²) < 4.78 is 32.1. The standard InChI is InChI=1S/C21H23N3O4S2/c1-30(26,27)21-15-29-12-11-23(21)20(25)13-24-18-10-6-5-9-17(18)22-19(24)14-28-16-7-3-2-4-8-16/h2-10,21H,11-15H2,1H3. The van der Waals surface area contributed by atoms with Crippen LogP contribution in [-0.4, -0.2) is 58.5 Å². The molecular formula is C21H23N3O4S2. The summed E-state index contributed by atoms with van der Waals surface area (Å²) >= 11 is 1.56. The molecule has 158 valence electrons. The van der Waals surface area contributed by atoms with Gasteiger partial charge in [-0.3, -0.25) is 4.79 Å². The maximum absolute atomic E-state index is 13.2. The number of imidazole rings is 1. The van der Waals surface area contributed by atoms with E-state index >= 15 is 0 Å². The van der Waals surface area contributed by atoms with Crippen molar-refractivity contribution in [3.63, 3.8) is 0 Å². The Kier molecular flexibility index (Phi) is 6.01. The molecule has 1 atom stereocenters. The third-order valence-corrected chi connectivity index (χ3v) is 7.68. The molecule has 4 rings (SSSR count). The normalized spacial score (nSPS) is 17.2. The van der Waals surface area contributed by atoms with Gasteiger partial charge in [-0.25, -0.2) is 13.4 Å². The summed E-state index contributed by atoms with van der Waals surface area (Å²) in [5.74, 6) is 2.24. The summed E-state index contributed by atoms with van der Waals surface area (Å²) in [5, 5.41) is -0.789. The zero-order chi connectivity index (χ0) is 21.1. The number of amides is 1. The lowest BCUT2D eigenvalue weighted by molar-refractivity contribution is -0.132. The second kappa shape index (κ2) is 8.69. The minimum Gasteiger partial charge on any atom is -0.486 e. The minimum absolute atomic E-state index is 0.0185. The molecule has 0 bridgehead atoms. The van der Waals surface area contributed by atoms with Crippen molar-refractivity contribution in [2.45, 2.75) is 18.5 Å². The van der Waals surface area contributed by atoms with Crippen LogP contribution in [0, 0.1) is 0 Å². The third kappa shape index (κ3) is 4.46. The summed E-state index contributed by atoms with van der Waals surface area (Å²) in [5.41, 5.74) is 1.59. The molecule has 0 spiro atoms. The molecule has 1 aromatic heterocycles. The second-order valence-electron chi connectivity index (χ2n) is 7.15. The number of sulfone groups is 1. The van der Waals surface area contributed by atoms with E-state index in [1.165, 1.54) is 11.2 Å². The Bertz CT molecular complexity index is 1150. The lowest BCUT2D eigenvalue weighted by Crippen LogP contribution is -2.51. The first kappa shape index (κ1) is 20.7. The summed E-state index contributed by atoms with van der Waals surface area (Å²) in [6, 6.07) is 17.0. The maximum Gasteiger partial charge on any atom is 0.243 e. The van der Waals surface area contributed by atoms with Gasteiger partial charge in [0.15, 0.2) is 9.84 Å². The molecule has 1 saturated heterocycles. The van der Waals surface area contributed by atoms with Gasteiger partial charge in [0.25, 0.3) is 0 Å². The number of para-hydroxylation sites is 3. The van der Waals surface area contributed by atoms with Gasteiger partial charge in [0.1, 0.15) is 30.1 Å². The van der Waals surface area contributed by atoms with Crippen LogP contribution in [0.1, 0.15) is 5.82 Å². The number of ether oxygens (including phenoxy) is 1. The fourth-order valence-corrected chi connectivity index (χ4v) is 6.36. The van der Waals surface area contributed by atoms with Crippen molar-refractivity contribution in [2.24, 2.45) is 0 Å². The van der Waals surface area contributed by atoms with Gasteiger partial charge in [-0.1, -0.05) is 30.3 Å². The monoisotopic (exact) mass is 445 g/mol. The number of carbonyl (C=O) groups is 1. The van der Waals surface area contributed by atoms with E-state index in [-0.39, 0.29) is 19.1 Å². The van der Waals surface area contributed by atoms with Crippen LogP contribution < -0.4 is 4.74 Å². The Balaban J connectivity index is 1.61. The zero-order valence-corrected chi connectivity index (χ0v) is 18.2. The first-order valence-electron chi connectivity index (χ1n) is 9.61. The van der Waals surface area contributed by atoms with Gasteiger partial charge in [-0.05, 0) is 24.3 Å². The molecule has 0 saturated carbocycles. The van der Waals surface area contributed by atoms with Crippen molar-refractivity contribution >= 4 is 38.5 Å². The summed E-state index contributed by atoms with van der Waals surface area (Å²) in [7, 11) is -3.36. The van der Waals surface area contributed by atoms with Crippen molar-refractivity contribution < 1.29 is 17.9 Å². The van der Waals surface area contributed by atoms with Gasteiger partial charge in [0, 0.05) is 24.3 Å². The molecule has 7 nitrogen and oxygen atoms in total. The van der Waals surface area contributed by atoms with Crippen molar-refractivity contribution in [1.82, 2.24) is 14.5 Å². The Morgan fingerprint density at radius 2 is 1.90 bits per heavy atom. The highest BCUT2D eigenvalue weighted by Gasteiger charge is 2.34. The molecule has 3 aromatic rings. The average molecular weight is 446 g/mol. The van der Waals surface area contributed by atoms with Crippen LogP contribution >= 0.6 is 11.8 Å². The van der Waals surface area contributed by atoms with Crippen LogP contribution in [0.2, 0.25) is 0 Å². The van der Waals surface area contributed by atoms with Crippen molar-refractivity contribution in [2.75, 3.05) is 24.3 Å². The van der Waals surface area contributed by atoms with Crippen molar-refractivity contribution in [3.8, 4) is 5.75 Å². The number of carbonyl (C=O) groups excluding carboxylic acids is 1. The van der Waals surface area contributed by atoms with E-state index in [2.05, 4.69) is 4.98 Å². The van der Waals surface area contributed by atoms with Crippen LogP contribution in [-0.2, 0) is 27.8 Å². The van der Waals surface area contributed by atoms with E-state index in [1.807, 2.05) is 59.2 Å². The highest BCUT2D eigenvalue weighted by Crippen LogP contribution is 2.23. The first-order chi connectivity index (χ1) is 14.4. The zero-order valence-electron chi connectivity index (χ0n) is 16.6. The predicted octanol–water partition coefficient (Wildman–Crippen LogP) is 2.56. The van der Waals surface area contributed by atoms with E-state index in [9.17, 15) is 13.2 Å². The molecule has 1 fully saturated rings. The van der Waals surface area contributed by atoms with E-state index in [0.717, 1.165) is 16.8 Å². The molecule has 1 unspecified atom stereocenters. The van der Waals surface area contributed by atoms with E-state index < -0.39 is 15.2 Å². The molecule has 0 radical (unpaired) electrons. The van der Waals surface area contributed by atoms with Crippen LogP contribution in [0.25, 0.3) is 11.0 Å². The van der Waals surface area contributed by atoms with Gasteiger partial charge in [-0.2, -0.15) is 11.8 Å². The number of thioether (sulfide) groups is 1. The predicted molar refractivity (Wildman–Crippen MR) is 118 cm³/mol. The summed E-state index contributed by atoms with van der Waals surface area (Å²) in [4.78, 5) is 19.3. The fraction of sp³-hybridized carbons (Fsp3) is 0.333. The quantitative estimate of drug-likeness (QED) is 0.580. The highest BCUT2D eigenvalue weighted by atomic mass is 32.2. The van der Waals surface area contributed by atoms with Gasteiger partial charge in [0.2, 0.25) is 5.91 Å². The molecule has 1 aliphatic heterocycles. The number of hydrogen-bond donors (Lipinski definition) is 0. The van der Waals surface area contributed by atoms with Gasteiger partial charge in [-0.15, -0.1) is 0 Å². The number of hydrogen-bond acceptors (Lipinski definition) is 6. The largest absolute Gasteiger partial charge is 0.486 e. The number of nitrogens with zero attached hydrogens (tertiary/aromatic N) is 3. The lowest BCUT2D eigenvalue weighted by Gasteiger charge is -2.34. The smallest absolute Gasteiger partial charge is 0.243 e. The van der Waals surface area contributed by atoms with Crippen molar-refractivity contribution in [3.05, 3.63) is 60.4 Å². The highest BCUT2D eigenvalue weighted by molar-refractivity contribution is 8.00. The maximum atomic E-state index is 13.2. The Morgan fingerprint density at radius 3 is 2.67 bits per heavy atom. The van der Waals surface area contributed by atoms with Crippen LogP contribution in [0.15, 0.2) is 54.6 Å². The molecule has 1 aliphatic rings. The topological polar surface area (TPSA) is 81.5 Å². The third-order valence-electron chi connectivity index (χ3n) is 5.04. The Morgan fingerprint density at radius 1 is 1.17 bits per heavy atom. The molecule has 1 amide bonds. The number of fused-ring (bicyclic) bond motifs is 1. The molecular weight excluding hydrogens is 422 g/mol. The van der Waals surface area contributed by atoms with E-state index in [0.29, 0.717) is 23.9 Å². The van der Waals surface area contributed by atoms with E-state index in [4.69, 9.17) is 4.74 Å². The summed E-state index contributed by atoms with van der Waals surface area (Å²) in [6.07, 6.45) is 1.19. The molecule has 9 heteroatoms. The second-order valence-corrected chi connectivity index (χ2v) is 10.5. The lowest BCUT2D eigenvalue weighted by atomic mass is 10.3. The first-order valence-corrected chi connectivity index (χ1v) is 12.7. The number of aromatic nitrogens is 2. The average Bonchev–Trinajstić information content (AvgIpc) is 3.10. The summed E-state index contributed by atoms with van der Waals surface area (Å²) in [6.45, 7) is 0.645. The molecule has 0 aliphatic carbocycles. The van der Waals surface area contributed by atoms with E-state index in [1.54, 1.807) is 11.8 Å². The van der Waals surface area contributed by atoms with Crippen molar-refractivity contribution in [1.29, 1.82) is 0 Å². The minimum atomic E-state index is -3.36. The molecule has 2 heterocycles. The Labute approximate surface area is 180 Å². The molecule has 30 heavy (non-hydrogen) atoms. The van der Waals surface area contributed by atoms with Crippen LogP contribution in [0.4, 0.5) is 0 Å². The van der Waals surface area contributed by atoms with Gasteiger partial charge >= 0.3 is 0 Å². The van der Waals surface area contributed by atoms with Gasteiger partial charge in [0.05, 0.1) is 11.0 Å². The number of rotatable bonds is 6. The SMILES string of the molecule is CS(=O)(=O)C1CSCCN1C(=O)Cn1c(COc2ccccc2)nc2ccccc21. The van der Waals surface area contributed by atoms with Crippen LogP contribution in [0.3, 0.4) is 0 Å².